The Morgan fingerprint density at radius 2 is 1.62 bits per heavy atom. The number of piperazine rings is 1. The van der Waals surface area contributed by atoms with E-state index in [2.05, 4.69) is 10.2 Å². The first-order valence-corrected chi connectivity index (χ1v) is 12.3. The molecule has 3 aromatic carbocycles. The number of halogens is 2. The molecule has 1 heterocycles. The van der Waals surface area contributed by atoms with Crippen molar-refractivity contribution in [3.8, 4) is 5.75 Å². The van der Waals surface area contributed by atoms with Gasteiger partial charge in [0.05, 0.1) is 29.1 Å². The van der Waals surface area contributed by atoms with E-state index < -0.39 is 11.9 Å². The number of carbonyl (C=O) groups is 3. The lowest BCUT2D eigenvalue weighted by molar-refractivity contribution is -0.118. The van der Waals surface area contributed by atoms with Crippen LogP contribution in [0.4, 0.5) is 11.4 Å². The lowest BCUT2D eigenvalue weighted by Crippen LogP contribution is -2.49. The van der Waals surface area contributed by atoms with Gasteiger partial charge in [-0.3, -0.25) is 9.59 Å². The lowest BCUT2D eigenvalue weighted by Gasteiger charge is -2.37. The second kappa shape index (κ2) is 12.0. The van der Waals surface area contributed by atoms with Crippen molar-refractivity contribution in [2.75, 3.05) is 50.1 Å². The van der Waals surface area contributed by atoms with E-state index in [-0.39, 0.29) is 17.5 Å². The van der Waals surface area contributed by atoms with Gasteiger partial charge in [-0.25, -0.2) is 4.79 Å². The number of hydrogen-bond donors (Lipinski definition) is 1. The van der Waals surface area contributed by atoms with E-state index in [0.717, 1.165) is 5.69 Å². The Morgan fingerprint density at radius 1 is 0.892 bits per heavy atom. The van der Waals surface area contributed by atoms with Gasteiger partial charge in [0.2, 0.25) is 0 Å². The number of carbonyl (C=O) groups excluding carboxylic acids is 3. The molecular weight excluding hydrogens is 517 g/mol. The number of nitrogens with zero attached hydrogens (tertiary/aromatic N) is 2. The van der Waals surface area contributed by atoms with E-state index in [1.165, 1.54) is 13.2 Å². The van der Waals surface area contributed by atoms with Crippen LogP contribution in [-0.4, -0.2) is 62.6 Å². The smallest absolute Gasteiger partial charge is 0.337 e. The fraction of sp³-hybridized carbons (Fsp3) is 0.222. The zero-order chi connectivity index (χ0) is 26.4. The monoisotopic (exact) mass is 541 g/mol. The average Bonchev–Trinajstić information content (AvgIpc) is 2.92. The minimum atomic E-state index is -0.524. The molecule has 0 unspecified atom stereocenters. The molecule has 4 rings (SSSR count). The van der Waals surface area contributed by atoms with Crippen molar-refractivity contribution in [3.63, 3.8) is 0 Å². The first kappa shape index (κ1) is 26.3. The summed E-state index contributed by atoms with van der Waals surface area (Å²) in [6, 6.07) is 18.8. The summed E-state index contributed by atoms with van der Waals surface area (Å²) >= 11 is 12.0. The number of hydrogen-bond acceptors (Lipinski definition) is 6. The second-order valence-corrected chi connectivity index (χ2v) is 9.12. The zero-order valence-electron chi connectivity index (χ0n) is 20.1. The summed E-state index contributed by atoms with van der Waals surface area (Å²) in [5.74, 6) is -0.659. The number of anilines is 2. The third kappa shape index (κ3) is 6.53. The molecule has 8 nitrogen and oxygen atoms in total. The molecule has 1 aliphatic heterocycles. The van der Waals surface area contributed by atoms with Gasteiger partial charge in [0.1, 0.15) is 5.75 Å². The molecule has 0 radical (unpaired) electrons. The summed E-state index contributed by atoms with van der Waals surface area (Å²) in [6.45, 7) is 1.82. The van der Waals surface area contributed by atoms with E-state index in [1.807, 2.05) is 18.2 Å². The van der Waals surface area contributed by atoms with Gasteiger partial charge >= 0.3 is 5.97 Å². The van der Waals surface area contributed by atoms with Crippen LogP contribution in [-0.2, 0) is 9.53 Å². The van der Waals surface area contributed by atoms with E-state index in [0.29, 0.717) is 53.8 Å². The molecule has 1 aliphatic rings. The number of nitrogens with one attached hydrogen (secondary N) is 1. The van der Waals surface area contributed by atoms with Crippen molar-refractivity contribution >= 4 is 52.4 Å². The topological polar surface area (TPSA) is 88.2 Å². The summed E-state index contributed by atoms with van der Waals surface area (Å²) in [4.78, 5) is 41.5. The molecule has 0 bridgehead atoms. The molecule has 1 saturated heterocycles. The van der Waals surface area contributed by atoms with Crippen LogP contribution in [0.25, 0.3) is 0 Å². The predicted molar refractivity (Wildman–Crippen MR) is 143 cm³/mol. The zero-order valence-corrected chi connectivity index (χ0v) is 21.6. The SMILES string of the molecule is COC(=O)c1ccc(N2CCN(C(=O)c3ccccc3)CC2)c(NC(=O)COc2ccc(Cl)cc2Cl)c1. The van der Waals surface area contributed by atoms with Crippen molar-refractivity contribution in [3.05, 3.63) is 87.9 Å². The van der Waals surface area contributed by atoms with Crippen molar-refractivity contribution in [1.29, 1.82) is 0 Å². The summed E-state index contributed by atoms with van der Waals surface area (Å²) in [5, 5.41) is 3.57. The molecule has 37 heavy (non-hydrogen) atoms. The van der Waals surface area contributed by atoms with Crippen LogP contribution < -0.4 is 15.0 Å². The molecular formula is C27H25Cl2N3O5. The first-order chi connectivity index (χ1) is 17.9. The highest BCUT2D eigenvalue weighted by molar-refractivity contribution is 6.35. The van der Waals surface area contributed by atoms with E-state index in [1.54, 1.807) is 47.4 Å². The fourth-order valence-electron chi connectivity index (χ4n) is 3.99. The highest BCUT2D eigenvalue weighted by Gasteiger charge is 2.24. The molecule has 0 spiro atoms. The maximum atomic E-state index is 12.8. The van der Waals surface area contributed by atoms with Crippen LogP contribution in [0.5, 0.6) is 5.75 Å². The summed E-state index contributed by atoms with van der Waals surface area (Å²) < 4.78 is 10.4. The third-order valence-corrected chi connectivity index (χ3v) is 6.40. The van der Waals surface area contributed by atoms with Crippen molar-refractivity contribution in [1.82, 2.24) is 4.90 Å². The molecule has 1 fully saturated rings. The van der Waals surface area contributed by atoms with Gasteiger partial charge in [0.25, 0.3) is 11.8 Å². The van der Waals surface area contributed by atoms with Gasteiger partial charge in [-0.2, -0.15) is 0 Å². The molecule has 10 heteroatoms. The van der Waals surface area contributed by atoms with Crippen LogP contribution in [0.15, 0.2) is 66.7 Å². The maximum Gasteiger partial charge on any atom is 0.337 e. The summed E-state index contributed by atoms with van der Waals surface area (Å²) in [5.41, 5.74) is 2.09. The molecule has 192 valence electrons. The molecule has 1 N–H and O–H groups in total. The van der Waals surface area contributed by atoms with Gasteiger partial charge < -0.3 is 24.6 Å². The average molecular weight is 542 g/mol. The summed E-state index contributed by atoms with van der Waals surface area (Å²) in [7, 11) is 1.29. The second-order valence-electron chi connectivity index (χ2n) is 8.28. The Labute approximate surface area is 224 Å². The third-order valence-electron chi connectivity index (χ3n) is 5.87. The van der Waals surface area contributed by atoms with E-state index >= 15 is 0 Å². The lowest BCUT2D eigenvalue weighted by atomic mass is 10.1. The number of amides is 2. The molecule has 0 aliphatic carbocycles. The number of esters is 1. The van der Waals surface area contributed by atoms with Crippen LogP contribution in [0.3, 0.4) is 0 Å². The fourth-order valence-corrected chi connectivity index (χ4v) is 4.46. The van der Waals surface area contributed by atoms with Crippen molar-refractivity contribution in [2.45, 2.75) is 0 Å². The van der Waals surface area contributed by atoms with Crippen LogP contribution in [0, 0.1) is 0 Å². The normalized spacial score (nSPS) is 13.2. The maximum absolute atomic E-state index is 12.8. The Balaban J connectivity index is 1.46. The molecule has 0 atom stereocenters. The van der Waals surface area contributed by atoms with Gasteiger partial charge in [-0.1, -0.05) is 41.4 Å². The first-order valence-electron chi connectivity index (χ1n) is 11.5. The molecule has 2 amide bonds. The van der Waals surface area contributed by atoms with Gasteiger partial charge in [0, 0.05) is 36.8 Å². The number of methoxy groups -OCH3 is 1. The summed E-state index contributed by atoms with van der Waals surface area (Å²) in [6.07, 6.45) is 0. The standard InChI is InChI=1S/C27H25Cl2N3O5/c1-36-27(35)19-7-9-23(31-11-13-32(14-12-31)26(34)18-5-3-2-4-6-18)22(15-19)30-25(33)17-37-24-10-8-20(28)16-21(24)29/h2-10,15-16H,11-14,17H2,1H3,(H,30,33). The Morgan fingerprint density at radius 3 is 2.30 bits per heavy atom. The minimum Gasteiger partial charge on any atom is -0.482 e. The van der Waals surface area contributed by atoms with Gasteiger partial charge in [0.15, 0.2) is 6.61 Å². The Hall–Kier alpha value is -3.75. The van der Waals surface area contributed by atoms with Crippen LogP contribution >= 0.6 is 23.2 Å². The number of rotatable bonds is 7. The van der Waals surface area contributed by atoms with Crippen LogP contribution in [0.1, 0.15) is 20.7 Å². The Bertz CT molecular complexity index is 1290. The van der Waals surface area contributed by atoms with E-state index in [9.17, 15) is 14.4 Å². The number of benzene rings is 3. The highest BCUT2D eigenvalue weighted by Crippen LogP contribution is 2.30. The largest absolute Gasteiger partial charge is 0.482 e. The van der Waals surface area contributed by atoms with Crippen molar-refractivity contribution in [2.24, 2.45) is 0 Å². The Kier molecular flexibility index (Phi) is 8.53. The molecule has 3 aromatic rings. The minimum absolute atomic E-state index is 0.0205. The quantitative estimate of drug-likeness (QED) is 0.434. The van der Waals surface area contributed by atoms with Crippen molar-refractivity contribution < 1.29 is 23.9 Å². The molecule has 0 aromatic heterocycles. The highest BCUT2D eigenvalue weighted by atomic mass is 35.5. The molecule has 0 saturated carbocycles. The van der Waals surface area contributed by atoms with Gasteiger partial charge in [-0.15, -0.1) is 0 Å². The number of ether oxygens (including phenoxy) is 2. The van der Waals surface area contributed by atoms with E-state index in [4.69, 9.17) is 32.7 Å². The van der Waals surface area contributed by atoms with Gasteiger partial charge in [-0.05, 0) is 48.5 Å². The van der Waals surface area contributed by atoms with Crippen LogP contribution in [0.2, 0.25) is 10.0 Å². The predicted octanol–water partition coefficient (Wildman–Crippen LogP) is 4.76.